The van der Waals surface area contributed by atoms with Crippen molar-refractivity contribution in [3.63, 3.8) is 0 Å². The van der Waals surface area contributed by atoms with E-state index >= 15 is 0 Å². The molecule has 8 heteroatoms. The van der Waals surface area contributed by atoms with Gasteiger partial charge in [0, 0.05) is 10.6 Å². The van der Waals surface area contributed by atoms with Gasteiger partial charge < -0.3 is 9.84 Å². The Labute approximate surface area is 189 Å². The summed E-state index contributed by atoms with van der Waals surface area (Å²) in [5.41, 5.74) is 5.76. The standard InChI is InChI=1S/C24H19ClN4O3/c25-19-9-7-16(8-10-19)15-32-21-6-2-4-18(12-21)22-13-23(28-27-22)24(31)29-26-14-17-3-1-5-20(30)11-17/h1-14,30H,15H2,(H,27,28)(H,29,31)/b26-14+. The number of hydrazone groups is 1. The Balaban J connectivity index is 1.38. The van der Waals surface area contributed by atoms with E-state index in [0.29, 0.717) is 28.6 Å². The molecular weight excluding hydrogens is 428 g/mol. The molecule has 0 saturated carbocycles. The van der Waals surface area contributed by atoms with Gasteiger partial charge in [0.2, 0.25) is 0 Å². The average molecular weight is 447 g/mol. The highest BCUT2D eigenvalue weighted by molar-refractivity contribution is 6.30. The number of carbonyl (C=O) groups is 1. The zero-order chi connectivity index (χ0) is 22.3. The van der Waals surface area contributed by atoms with Crippen molar-refractivity contribution in [2.75, 3.05) is 0 Å². The number of aromatic hydroxyl groups is 1. The summed E-state index contributed by atoms with van der Waals surface area (Å²) in [4.78, 5) is 12.3. The summed E-state index contributed by atoms with van der Waals surface area (Å²) in [6.07, 6.45) is 1.44. The van der Waals surface area contributed by atoms with Crippen molar-refractivity contribution in [3.8, 4) is 22.8 Å². The molecule has 1 aromatic heterocycles. The molecule has 0 radical (unpaired) electrons. The lowest BCUT2D eigenvalue weighted by Crippen LogP contribution is -2.17. The Morgan fingerprint density at radius 1 is 1.09 bits per heavy atom. The Bertz CT molecular complexity index is 1250. The van der Waals surface area contributed by atoms with Crippen LogP contribution in [0.25, 0.3) is 11.3 Å². The molecule has 0 saturated heterocycles. The Hall–Kier alpha value is -4.10. The van der Waals surface area contributed by atoms with E-state index in [4.69, 9.17) is 16.3 Å². The molecule has 160 valence electrons. The number of aromatic amines is 1. The number of rotatable bonds is 7. The van der Waals surface area contributed by atoms with E-state index in [1.165, 1.54) is 12.3 Å². The first kappa shape index (κ1) is 21.1. The molecule has 7 nitrogen and oxygen atoms in total. The van der Waals surface area contributed by atoms with E-state index in [9.17, 15) is 9.90 Å². The molecule has 32 heavy (non-hydrogen) atoms. The highest BCUT2D eigenvalue weighted by Crippen LogP contribution is 2.24. The zero-order valence-electron chi connectivity index (χ0n) is 16.8. The molecule has 4 aromatic rings. The van der Waals surface area contributed by atoms with Gasteiger partial charge >= 0.3 is 0 Å². The lowest BCUT2D eigenvalue weighted by atomic mass is 10.1. The number of nitrogens with zero attached hydrogens (tertiary/aromatic N) is 2. The van der Waals surface area contributed by atoms with Crippen molar-refractivity contribution in [1.82, 2.24) is 15.6 Å². The fourth-order valence-corrected chi connectivity index (χ4v) is 3.04. The first-order chi connectivity index (χ1) is 15.6. The molecule has 3 N–H and O–H groups in total. The maximum Gasteiger partial charge on any atom is 0.289 e. The molecule has 0 atom stereocenters. The number of hydrogen-bond donors (Lipinski definition) is 3. The van der Waals surface area contributed by atoms with Crippen LogP contribution < -0.4 is 10.2 Å². The number of amides is 1. The van der Waals surface area contributed by atoms with Crippen LogP contribution in [0.2, 0.25) is 5.02 Å². The average Bonchev–Trinajstić information content (AvgIpc) is 3.30. The third-order valence-corrected chi connectivity index (χ3v) is 4.77. The summed E-state index contributed by atoms with van der Waals surface area (Å²) in [7, 11) is 0. The van der Waals surface area contributed by atoms with Crippen LogP contribution in [0.5, 0.6) is 11.5 Å². The number of aromatic nitrogens is 2. The number of phenols is 1. The summed E-state index contributed by atoms with van der Waals surface area (Å²) in [5.74, 6) is 0.371. The van der Waals surface area contributed by atoms with Gasteiger partial charge in [0.1, 0.15) is 23.8 Å². The first-order valence-corrected chi connectivity index (χ1v) is 10.1. The molecular formula is C24H19ClN4O3. The van der Waals surface area contributed by atoms with Crippen LogP contribution in [-0.4, -0.2) is 27.4 Å². The number of hydrogen-bond acceptors (Lipinski definition) is 5. The quantitative estimate of drug-likeness (QED) is 0.281. The Morgan fingerprint density at radius 3 is 2.72 bits per heavy atom. The van der Waals surface area contributed by atoms with E-state index in [1.807, 2.05) is 48.5 Å². The summed E-state index contributed by atoms with van der Waals surface area (Å²) in [6.45, 7) is 0.409. The molecule has 0 aliphatic rings. The zero-order valence-corrected chi connectivity index (χ0v) is 17.6. The summed E-state index contributed by atoms with van der Waals surface area (Å²) in [5, 5.41) is 21.0. The number of H-pyrrole nitrogens is 1. The highest BCUT2D eigenvalue weighted by Gasteiger charge is 2.11. The van der Waals surface area contributed by atoms with Crippen LogP contribution in [0.3, 0.4) is 0 Å². The van der Waals surface area contributed by atoms with Crippen LogP contribution in [0.1, 0.15) is 21.6 Å². The number of halogens is 1. The third kappa shape index (κ3) is 5.53. The summed E-state index contributed by atoms with van der Waals surface area (Å²) < 4.78 is 5.85. The van der Waals surface area contributed by atoms with Gasteiger partial charge in [-0.25, -0.2) is 5.43 Å². The third-order valence-electron chi connectivity index (χ3n) is 4.52. The van der Waals surface area contributed by atoms with Gasteiger partial charge in [-0.3, -0.25) is 9.89 Å². The minimum atomic E-state index is -0.435. The molecule has 0 aliphatic heterocycles. The van der Waals surface area contributed by atoms with Crippen molar-refractivity contribution in [2.45, 2.75) is 6.61 Å². The molecule has 1 heterocycles. The number of phenolic OH excluding ortho intramolecular Hbond substituents is 1. The minimum Gasteiger partial charge on any atom is -0.508 e. The van der Waals surface area contributed by atoms with E-state index in [-0.39, 0.29) is 11.4 Å². The van der Waals surface area contributed by atoms with Gasteiger partial charge in [-0.15, -0.1) is 0 Å². The van der Waals surface area contributed by atoms with E-state index in [0.717, 1.165) is 11.1 Å². The molecule has 1 amide bonds. The first-order valence-electron chi connectivity index (χ1n) is 9.72. The van der Waals surface area contributed by atoms with Crippen molar-refractivity contribution in [2.24, 2.45) is 5.10 Å². The lowest BCUT2D eigenvalue weighted by Gasteiger charge is -2.07. The normalized spacial score (nSPS) is 10.9. The molecule has 0 fully saturated rings. The van der Waals surface area contributed by atoms with Crippen LogP contribution in [-0.2, 0) is 6.61 Å². The Kier molecular flexibility index (Phi) is 6.48. The molecule has 0 aliphatic carbocycles. The maximum absolute atomic E-state index is 12.3. The van der Waals surface area contributed by atoms with E-state index < -0.39 is 5.91 Å². The van der Waals surface area contributed by atoms with Gasteiger partial charge in [-0.2, -0.15) is 10.2 Å². The second-order valence-electron chi connectivity index (χ2n) is 6.90. The van der Waals surface area contributed by atoms with E-state index in [2.05, 4.69) is 20.7 Å². The molecule has 0 unspecified atom stereocenters. The molecule has 4 rings (SSSR count). The van der Waals surface area contributed by atoms with Crippen molar-refractivity contribution >= 4 is 23.7 Å². The molecule has 0 bridgehead atoms. The van der Waals surface area contributed by atoms with Crippen LogP contribution >= 0.6 is 11.6 Å². The number of nitrogens with one attached hydrogen (secondary N) is 2. The lowest BCUT2D eigenvalue weighted by molar-refractivity contribution is 0.0950. The second kappa shape index (κ2) is 9.80. The maximum atomic E-state index is 12.3. The monoisotopic (exact) mass is 446 g/mol. The minimum absolute atomic E-state index is 0.123. The van der Waals surface area contributed by atoms with Crippen molar-refractivity contribution in [3.05, 3.63) is 101 Å². The highest BCUT2D eigenvalue weighted by atomic mass is 35.5. The fourth-order valence-electron chi connectivity index (χ4n) is 2.91. The smallest absolute Gasteiger partial charge is 0.289 e. The van der Waals surface area contributed by atoms with Crippen molar-refractivity contribution in [1.29, 1.82) is 0 Å². The van der Waals surface area contributed by atoms with Gasteiger partial charge in [0.15, 0.2) is 0 Å². The molecule has 3 aromatic carbocycles. The van der Waals surface area contributed by atoms with Crippen LogP contribution in [0.15, 0.2) is 84.0 Å². The predicted octanol–water partition coefficient (Wildman–Crippen LogP) is 4.78. The topological polar surface area (TPSA) is 99.6 Å². The van der Waals surface area contributed by atoms with Gasteiger partial charge in [0.25, 0.3) is 5.91 Å². The second-order valence-corrected chi connectivity index (χ2v) is 7.34. The number of carbonyl (C=O) groups excluding carboxylic acids is 1. The van der Waals surface area contributed by atoms with E-state index in [1.54, 1.807) is 24.3 Å². The predicted molar refractivity (Wildman–Crippen MR) is 123 cm³/mol. The summed E-state index contributed by atoms with van der Waals surface area (Å²) in [6, 6.07) is 23.1. The number of ether oxygens (including phenoxy) is 1. The fraction of sp³-hybridized carbons (Fsp3) is 0.0417. The largest absolute Gasteiger partial charge is 0.508 e. The summed E-state index contributed by atoms with van der Waals surface area (Å²) >= 11 is 5.91. The Morgan fingerprint density at radius 2 is 1.91 bits per heavy atom. The van der Waals surface area contributed by atoms with Gasteiger partial charge in [-0.05, 0) is 53.6 Å². The number of benzene rings is 3. The van der Waals surface area contributed by atoms with Gasteiger partial charge in [0.05, 0.1) is 11.9 Å². The van der Waals surface area contributed by atoms with Gasteiger partial charge in [-0.1, -0.05) is 48.0 Å². The molecule has 0 spiro atoms. The van der Waals surface area contributed by atoms with Crippen LogP contribution in [0, 0.1) is 0 Å². The van der Waals surface area contributed by atoms with Crippen molar-refractivity contribution < 1.29 is 14.6 Å². The van der Waals surface area contributed by atoms with Crippen LogP contribution in [0.4, 0.5) is 0 Å². The SMILES string of the molecule is O=C(N/N=C/c1cccc(O)c1)c1cc(-c2cccc(OCc3ccc(Cl)cc3)c2)n[nH]1.